The molecular formula is C23H20N2O6S. The summed E-state index contributed by atoms with van der Waals surface area (Å²) in [6.45, 7) is 0. The third kappa shape index (κ3) is 5.64. The van der Waals surface area contributed by atoms with Crippen molar-refractivity contribution in [1.29, 1.82) is 0 Å². The summed E-state index contributed by atoms with van der Waals surface area (Å²) in [6.07, 6.45) is 0. The van der Waals surface area contributed by atoms with Crippen molar-refractivity contribution in [2.24, 2.45) is 0 Å². The van der Waals surface area contributed by atoms with Crippen LogP contribution in [0.1, 0.15) is 20.7 Å². The van der Waals surface area contributed by atoms with Crippen molar-refractivity contribution in [3.05, 3.63) is 88.0 Å². The summed E-state index contributed by atoms with van der Waals surface area (Å²) in [5.41, 5.74) is 1.34. The van der Waals surface area contributed by atoms with Gasteiger partial charge in [-0.3, -0.25) is 19.7 Å². The second-order valence-electron chi connectivity index (χ2n) is 6.56. The van der Waals surface area contributed by atoms with Gasteiger partial charge in [0.2, 0.25) is 0 Å². The number of nitrogens with one attached hydrogen (secondary N) is 1. The molecule has 3 aromatic rings. The summed E-state index contributed by atoms with van der Waals surface area (Å²) >= 11 is 1.38. The van der Waals surface area contributed by atoms with E-state index in [9.17, 15) is 19.7 Å². The third-order valence-electron chi connectivity index (χ3n) is 4.53. The topological polar surface area (TPSA) is 108 Å². The van der Waals surface area contributed by atoms with E-state index < -0.39 is 4.92 Å². The van der Waals surface area contributed by atoms with Crippen LogP contribution in [0.2, 0.25) is 0 Å². The number of methoxy groups -OCH3 is 2. The van der Waals surface area contributed by atoms with Gasteiger partial charge in [0.1, 0.15) is 0 Å². The molecule has 9 heteroatoms. The Bertz CT molecular complexity index is 1130. The SMILES string of the molecule is COc1ccc(C(=O)CSc2ccc(NC(=O)c3ccc([N+](=O)[O-])cc3)cc2)cc1OC. The van der Waals surface area contributed by atoms with Crippen molar-refractivity contribution in [1.82, 2.24) is 0 Å². The van der Waals surface area contributed by atoms with Gasteiger partial charge in [-0.2, -0.15) is 0 Å². The van der Waals surface area contributed by atoms with Gasteiger partial charge >= 0.3 is 0 Å². The number of carbonyl (C=O) groups excluding carboxylic acids is 2. The van der Waals surface area contributed by atoms with Crippen molar-refractivity contribution in [3.8, 4) is 11.5 Å². The lowest BCUT2D eigenvalue weighted by molar-refractivity contribution is -0.384. The van der Waals surface area contributed by atoms with Crippen LogP contribution in [0.4, 0.5) is 11.4 Å². The number of non-ortho nitro benzene ring substituents is 1. The number of Topliss-reactive ketones (excluding diaryl/α,β-unsaturated/α-hetero) is 1. The summed E-state index contributed by atoms with van der Waals surface area (Å²) in [5.74, 6) is 0.874. The Labute approximate surface area is 188 Å². The molecule has 1 N–H and O–H groups in total. The third-order valence-corrected chi connectivity index (χ3v) is 5.54. The number of nitrogens with zero attached hydrogens (tertiary/aromatic N) is 1. The van der Waals surface area contributed by atoms with E-state index in [2.05, 4.69) is 5.32 Å². The van der Waals surface area contributed by atoms with Gasteiger partial charge in [0.05, 0.1) is 24.9 Å². The van der Waals surface area contributed by atoms with Crippen LogP contribution in [0, 0.1) is 10.1 Å². The molecule has 8 nitrogen and oxygen atoms in total. The average Bonchev–Trinajstić information content (AvgIpc) is 2.82. The van der Waals surface area contributed by atoms with E-state index >= 15 is 0 Å². The summed E-state index contributed by atoms with van der Waals surface area (Å²) in [5, 5.41) is 13.4. The predicted octanol–water partition coefficient (Wildman–Crippen LogP) is 4.84. The molecule has 0 atom stereocenters. The molecule has 0 saturated heterocycles. The van der Waals surface area contributed by atoms with E-state index in [4.69, 9.17) is 9.47 Å². The lowest BCUT2D eigenvalue weighted by Crippen LogP contribution is -2.11. The van der Waals surface area contributed by atoms with Crippen molar-refractivity contribution < 1.29 is 24.0 Å². The van der Waals surface area contributed by atoms with Crippen LogP contribution in [0.15, 0.2) is 71.6 Å². The predicted molar refractivity (Wildman–Crippen MR) is 122 cm³/mol. The number of ether oxygens (including phenoxy) is 2. The van der Waals surface area contributed by atoms with E-state index in [1.807, 2.05) is 0 Å². The summed E-state index contributed by atoms with van der Waals surface area (Å²) < 4.78 is 10.4. The van der Waals surface area contributed by atoms with E-state index in [-0.39, 0.29) is 23.1 Å². The fourth-order valence-electron chi connectivity index (χ4n) is 2.81. The molecule has 1 amide bonds. The Morgan fingerprint density at radius 1 is 0.906 bits per heavy atom. The lowest BCUT2D eigenvalue weighted by Gasteiger charge is -2.09. The van der Waals surface area contributed by atoms with Crippen LogP contribution in [-0.4, -0.2) is 36.6 Å². The summed E-state index contributed by atoms with van der Waals surface area (Å²) in [7, 11) is 3.05. The molecule has 0 aliphatic heterocycles. The van der Waals surface area contributed by atoms with Crippen molar-refractivity contribution in [2.45, 2.75) is 4.90 Å². The molecule has 0 radical (unpaired) electrons. The number of anilines is 1. The highest BCUT2D eigenvalue weighted by Gasteiger charge is 2.12. The monoisotopic (exact) mass is 452 g/mol. The zero-order valence-corrected chi connectivity index (χ0v) is 18.2. The number of hydrogen-bond acceptors (Lipinski definition) is 7. The van der Waals surface area contributed by atoms with E-state index in [0.29, 0.717) is 28.3 Å². The van der Waals surface area contributed by atoms with Crippen molar-refractivity contribution in [2.75, 3.05) is 25.3 Å². The minimum atomic E-state index is -0.520. The second-order valence-corrected chi connectivity index (χ2v) is 7.61. The quantitative estimate of drug-likeness (QED) is 0.214. The Kier molecular flexibility index (Phi) is 7.45. The Hall–Kier alpha value is -3.85. The lowest BCUT2D eigenvalue weighted by atomic mass is 10.1. The number of hydrogen-bond donors (Lipinski definition) is 1. The summed E-state index contributed by atoms with van der Waals surface area (Å²) in [4.78, 5) is 35.9. The average molecular weight is 452 g/mol. The molecule has 3 rings (SSSR count). The van der Waals surface area contributed by atoms with E-state index in [1.165, 1.54) is 50.2 Å². The standard InChI is InChI=1S/C23H20N2O6S/c1-30-21-12-5-16(13-22(21)31-2)20(26)14-32-19-10-6-17(7-11-19)24-23(27)15-3-8-18(9-4-15)25(28)29/h3-13H,14H2,1-2H3,(H,24,27). The minimum Gasteiger partial charge on any atom is -0.493 e. The highest BCUT2D eigenvalue weighted by atomic mass is 32.2. The van der Waals surface area contributed by atoms with Crippen LogP contribution in [0.5, 0.6) is 11.5 Å². The number of ketones is 1. The summed E-state index contributed by atoms with van der Waals surface area (Å²) in [6, 6.07) is 17.5. The Morgan fingerprint density at radius 3 is 2.12 bits per heavy atom. The number of nitro groups is 1. The Morgan fingerprint density at radius 2 is 1.53 bits per heavy atom. The maximum atomic E-state index is 12.5. The number of carbonyl (C=O) groups is 2. The number of benzene rings is 3. The maximum Gasteiger partial charge on any atom is 0.269 e. The van der Waals surface area contributed by atoms with Crippen LogP contribution in [0.3, 0.4) is 0 Å². The van der Waals surface area contributed by atoms with Gasteiger partial charge in [-0.1, -0.05) is 0 Å². The molecule has 0 unspecified atom stereocenters. The maximum absolute atomic E-state index is 12.5. The first-order valence-electron chi connectivity index (χ1n) is 9.45. The van der Waals surface area contributed by atoms with Gasteiger partial charge in [-0.25, -0.2) is 0 Å². The fraction of sp³-hybridized carbons (Fsp3) is 0.130. The Balaban J connectivity index is 1.57. The highest BCUT2D eigenvalue weighted by molar-refractivity contribution is 8.00. The first-order valence-corrected chi connectivity index (χ1v) is 10.4. The molecule has 0 aliphatic carbocycles. The van der Waals surface area contributed by atoms with Crippen LogP contribution in [0.25, 0.3) is 0 Å². The van der Waals surface area contributed by atoms with Gasteiger partial charge in [-0.15, -0.1) is 11.8 Å². The van der Waals surface area contributed by atoms with E-state index in [0.717, 1.165) is 4.90 Å². The van der Waals surface area contributed by atoms with Gasteiger partial charge in [0.25, 0.3) is 11.6 Å². The van der Waals surface area contributed by atoms with Crippen molar-refractivity contribution >= 4 is 34.8 Å². The molecule has 0 aromatic heterocycles. The second kappa shape index (κ2) is 10.5. The number of nitro benzene ring substituents is 1. The van der Waals surface area contributed by atoms with Crippen LogP contribution in [-0.2, 0) is 0 Å². The highest BCUT2D eigenvalue weighted by Crippen LogP contribution is 2.29. The molecule has 32 heavy (non-hydrogen) atoms. The first kappa shape index (κ1) is 22.8. The van der Waals surface area contributed by atoms with Crippen LogP contribution >= 0.6 is 11.8 Å². The zero-order chi connectivity index (χ0) is 23.1. The van der Waals surface area contributed by atoms with E-state index in [1.54, 1.807) is 42.5 Å². The smallest absolute Gasteiger partial charge is 0.269 e. The molecule has 0 spiro atoms. The van der Waals surface area contributed by atoms with Gasteiger partial charge in [0, 0.05) is 33.8 Å². The molecular weight excluding hydrogens is 432 g/mol. The number of amides is 1. The number of rotatable bonds is 9. The molecule has 0 heterocycles. The largest absolute Gasteiger partial charge is 0.493 e. The van der Waals surface area contributed by atoms with Gasteiger partial charge in [0.15, 0.2) is 17.3 Å². The van der Waals surface area contributed by atoms with Crippen molar-refractivity contribution in [3.63, 3.8) is 0 Å². The molecule has 0 bridgehead atoms. The fourth-order valence-corrected chi connectivity index (χ4v) is 3.61. The zero-order valence-electron chi connectivity index (χ0n) is 17.4. The molecule has 0 fully saturated rings. The molecule has 0 saturated carbocycles. The first-order chi connectivity index (χ1) is 15.4. The normalized spacial score (nSPS) is 10.3. The molecule has 0 aliphatic rings. The molecule has 3 aromatic carbocycles. The van der Waals surface area contributed by atoms with Gasteiger partial charge < -0.3 is 14.8 Å². The number of thioether (sulfide) groups is 1. The molecule has 164 valence electrons. The van der Waals surface area contributed by atoms with Gasteiger partial charge in [-0.05, 0) is 54.6 Å². The minimum absolute atomic E-state index is 0.0495. The van der Waals surface area contributed by atoms with Crippen LogP contribution < -0.4 is 14.8 Å².